The van der Waals surface area contributed by atoms with Crippen molar-refractivity contribution in [1.29, 1.82) is 0 Å². The summed E-state index contributed by atoms with van der Waals surface area (Å²) in [6, 6.07) is 8.12. The molecule has 1 N–H and O–H groups in total. The Morgan fingerprint density at radius 3 is 2.95 bits per heavy atom. The number of aromatic nitrogens is 1. The summed E-state index contributed by atoms with van der Waals surface area (Å²) in [4.78, 5) is 4.14. The highest BCUT2D eigenvalue weighted by molar-refractivity contribution is 7.99. The van der Waals surface area contributed by atoms with Crippen molar-refractivity contribution in [2.75, 3.05) is 11.5 Å². The molecule has 0 amide bonds. The van der Waals surface area contributed by atoms with Gasteiger partial charge in [0.15, 0.2) is 0 Å². The maximum Gasteiger partial charge on any atom is 0.0798 e. The van der Waals surface area contributed by atoms with Gasteiger partial charge in [-0.2, -0.15) is 11.8 Å². The number of hydrogen-bond donors (Lipinski definition) is 1. The minimum Gasteiger partial charge on any atom is -0.388 e. The van der Waals surface area contributed by atoms with Crippen LogP contribution in [0.5, 0.6) is 0 Å². The third kappa shape index (κ3) is 2.93. The smallest absolute Gasteiger partial charge is 0.0798 e. The predicted molar refractivity (Wildman–Crippen MR) is 81.4 cm³/mol. The number of benzene rings is 1. The van der Waals surface area contributed by atoms with E-state index in [1.54, 1.807) is 6.20 Å². The van der Waals surface area contributed by atoms with E-state index in [4.69, 9.17) is 0 Å². The first-order valence-electron chi connectivity index (χ1n) is 6.93. The number of hydrogen-bond acceptors (Lipinski definition) is 3. The van der Waals surface area contributed by atoms with Gasteiger partial charge in [0.25, 0.3) is 0 Å². The second kappa shape index (κ2) is 5.93. The van der Waals surface area contributed by atoms with E-state index in [2.05, 4.69) is 11.1 Å². The molecule has 1 aromatic heterocycles. The van der Waals surface area contributed by atoms with Gasteiger partial charge >= 0.3 is 0 Å². The summed E-state index contributed by atoms with van der Waals surface area (Å²) in [5, 5.41) is 12.8. The Morgan fingerprint density at radius 1 is 1.26 bits per heavy atom. The molecule has 2 nitrogen and oxygen atoms in total. The van der Waals surface area contributed by atoms with E-state index in [0.717, 1.165) is 22.8 Å². The lowest BCUT2D eigenvalue weighted by molar-refractivity contribution is 0.142. The number of rotatable bonds is 3. The number of fused-ring (bicyclic) bond motifs is 1. The maximum absolute atomic E-state index is 10.5. The minimum absolute atomic E-state index is 0.348. The van der Waals surface area contributed by atoms with Crippen molar-refractivity contribution >= 4 is 22.5 Å². The van der Waals surface area contributed by atoms with Crippen molar-refractivity contribution in [3.63, 3.8) is 0 Å². The summed E-state index contributed by atoms with van der Waals surface area (Å²) in [5.41, 5.74) is 1.05. The average Bonchev–Trinajstić information content (AvgIpc) is 2.47. The SMILES string of the molecule is OC(CC1CCSCC1)c1cccc2cnccc12. The first-order valence-corrected chi connectivity index (χ1v) is 8.08. The minimum atomic E-state index is -0.348. The van der Waals surface area contributed by atoms with Gasteiger partial charge in [-0.3, -0.25) is 4.98 Å². The summed E-state index contributed by atoms with van der Waals surface area (Å²) >= 11 is 2.03. The molecule has 1 saturated heterocycles. The fourth-order valence-corrected chi connectivity index (χ4v) is 4.07. The molecule has 100 valence electrons. The van der Waals surface area contributed by atoms with Crippen molar-refractivity contribution in [2.24, 2.45) is 5.92 Å². The molecule has 1 aromatic carbocycles. The molecule has 1 atom stereocenters. The normalized spacial score (nSPS) is 18.6. The quantitative estimate of drug-likeness (QED) is 0.923. The van der Waals surface area contributed by atoms with Gasteiger partial charge in [0.1, 0.15) is 0 Å². The largest absolute Gasteiger partial charge is 0.388 e. The Hall–Kier alpha value is -1.06. The summed E-state index contributed by atoms with van der Waals surface area (Å²) < 4.78 is 0. The van der Waals surface area contributed by atoms with Gasteiger partial charge in [-0.1, -0.05) is 18.2 Å². The zero-order valence-corrected chi connectivity index (χ0v) is 11.8. The monoisotopic (exact) mass is 273 g/mol. The highest BCUT2D eigenvalue weighted by Gasteiger charge is 2.19. The lowest BCUT2D eigenvalue weighted by Gasteiger charge is -2.24. The van der Waals surface area contributed by atoms with Gasteiger partial charge in [-0.25, -0.2) is 0 Å². The molecule has 0 radical (unpaired) electrons. The van der Waals surface area contributed by atoms with Crippen LogP contribution in [0.15, 0.2) is 36.7 Å². The van der Waals surface area contributed by atoms with E-state index < -0.39 is 0 Å². The lowest BCUT2D eigenvalue weighted by atomic mass is 9.91. The third-order valence-electron chi connectivity index (χ3n) is 3.97. The maximum atomic E-state index is 10.5. The van der Waals surface area contributed by atoms with E-state index in [9.17, 15) is 5.11 Å². The van der Waals surface area contributed by atoms with Crippen molar-refractivity contribution in [2.45, 2.75) is 25.4 Å². The predicted octanol–water partition coefficient (Wildman–Crippen LogP) is 3.80. The first-order chi connectivity index (χ1) is 9.34. The molecule has 0 spiro atoms. The topological polar surface area (TPSA) is 33.1 Å². The summed E-state index contributed by atoms with van der Waals surface area (Å²) in [6.45, 7) is 0. The molecule has 1 fully saturated rings. The van der Waals surface area contributed by atoms with Crippen molar-refractivity contribution in [1.82, 2.24) is 4.98 Å². The Bertz CT molecular complexity index is 546. The zero-order chi connectivity index (χ0) is 13.1. The third-order valence-corrected chi connectivity index (χ3v) is 5.02. The average molecular weight is 273 g/mol. The van der Waals surface area contributed by atoms with Crippen molar-refractivity contribution in [3.05, 3.63) is 42.2 Å². The van der Waals surface area contributed by atoms with Crippen LogP contribution in [-0.4, -0.2) is 21.6 Å². The fraction of sp³-hybridized carbons (Fsp3) is 0.438. The van der Waals surface area contributed by atoms with E-state index in [0.29, 0.717) is 5.92 Å². The molecule has 19 heavy (non-hydrogen) atoms. The summed E-state index contributed by atoms with van der Waals surface area (Å²) in [6.07, 6.45) is 6.70. The Morgan fingerprint density at radius 2 is 2.11 bits per heavy atom. The van der Waals surface area contributed by atoms with Crippen LogP contribution in [0, 0.1) is 5.92 Å². The molecule has 1 aliphatic rings. The summed E-state index contributed by atoms with van der Waals surface area (Å²) in [7, 11) is 0. The molecular weight excluding hydrogens is 254 g/mol. The number of thioether (sulfide) groups is 1. The van der Waals surface area contributed by atoms with Crippen LogP contribution in [0.2, 0.25) is 0 Å². The van der Waals surface area contributed by atoms with Crippen molar-refractivity contribution in [3.8, 4) is 0 Å². The zero-order valence-electron chi connectivity index (χ0n) is 11.0. The molecule has 1 aliphatic heterocycles. The molecule has 1 unspecified atom stereocenters. The number of pyridine rings is 1. The standard InChI is InChI=1S/C16H19NOS/c18-16(10-12-5-8-19-9-6-12)15-3-1-2-13-11-17-7-4-14(13)15/h1-4,7,11-12,16,18H,5-6,8-10H2. The molecule has 3 heteroatoms. The molecular formula is C16H19NOS. The van der Waals surface area contributed by atoms with Gasteiger partial charge in [0, 0.05) is 17.8 Å². The fourth-order valence-electron chi connectivity index (χ4n) is 2.86. The van der Waals surface area contributed by atoms with Gasteiger partial charge < -0.3 is 5.11 Å². The number of nitrogens with zero attached hydrogens (tertiary/aromatic N) is 1. The van der Waals surface area contributed by atoms with Crippen LogP contribution in [-0.2, 0) is 0 Å². The lowest BCUT2D eigenvalue weighted by Crippen LogP contribution is -2.13. The van der Waals surface area contributed by atoms with Gasteiger partial charge in [-0.05, 0) is 53.7 Å². The molecule has 3 rings (SSSR count). The van der Waals surface area contributed by atoms with E-state index in [1.807, 2.05) is 36.2 Å². The highest BCUT2D eigenvalue weighted by atomic mass is 32.2. The van der Waals surface area contributed by atoms with Crippen LogP contribution < -0.4 is 0 Å². The van der Waals surface area contributed by atoms with Crippen LogP contribution in [0.25, 0.3) is 10.8 Å². The van der Waals surface area contributed by atoms with E-state index >= 15 is 0 Å². The van der Waals surface area contributed by atoms with Gasteiger partial charge in [0.05, 0.1) is 6.10 Å². The number of aliphatic hydroxyl groups is 1. The Kier molecular flexibility index (Phi) is 4.04. The second-order valence-corrected chi connectivity index (χ2v) is 6.48. The highest BCUT2D eigenvalue weighted by Crippen LogP contribution is 2.33. The molecule has 2 aromatic rings. The van der Waals surface area contributed by atoms with Crippen LogP contribution in [0.1, 0.15) is 30.9 Å². The molecule has 0 saturated carbocycles. The van der Waals surface area contributed by atoms with Gasteiger partial charge in [-0.15, -0.1) is 0 Å². The van der Waals surface area contributed by atoms with E-state index in [1.165, 1.54) is 24.3 Å². The first kappa shape index (κ1) is 12.9. The van der Waals surface area contributed by atoms with Crippen molar-refractivity contribution < 1.29 is 5.11 Å². The molecule has 2 heterocycles. The Labute approximate surface area is 118 Å². The van der Waals surface area contributed by atoms with Crippen LogP contribution in [0.4, 0.5) is 0 Å². The van der Waals surface area contributed by atoms with Gasteiger partial charge in [0.2, 0.25) is 0 Å². The molecule has 0 bridgehead atoms. The number of aliphatic hydroxyl groups excluding tert-OH is 1. The Balaban J connectivity index is 1.82. The van der Waals surface area contributed by atoms with E-state index in [-0.39, 0.29) is 6.10 Å². The van der Waals surface area contributed by atoms with Crippen LogP contribution >= 0.6 is 11.8 Å². The second-order valence-electron chi connectivity index (χ2n) is 5.25. The molecule has 0 aliphatic carbocycles. The van der Waals surface area contributed by atoms with Crippen LogP contribution in [0.3, 0.4) is 0 Å². The summed E-state index contributed by atoms with van der Waals surface area (Å²) in [5.74, 6) is 3.17.